The van der Waals surface area contributed by atoms with E-state index in [1.54, 1.807) is 17.2 Å². The topological polar surface area (TPSA) is 119 Å². The Labute approximate surface area is 227 Å². The van der Waals surface area contributed by atoms with Gasteiger partial charge >= 0.3 is 6.01 Å². The molecule has 3 aromatic heterocycles. The molecule has 1 N–H and O–H groups in total. The number of halogens is 2. The number of amides is 1. The first kappa shape index (κ1) is 25.3. The molecule has 4 aromatic rings. The van der Waals surface area contributed by atoms with Gasteiger partial charge in [0.2, 0.25) is 11.8 Å². The minimum Gasteiger partial charge on any atom is -0.463 e. The molecular weight excluding hydrogens is 529 g/mol. The number of benzene rings is 1. The van der Waals surface area contributed by atoms with Gasteiger partial charge in [-0.05, 0) is 18.6 Å². The highest BCUT2D eigenvalue weighted by Crippen LogP contribution is 2.40. The fourth-order valence-electron chi connectivity index (χ4n) is 4.75. The molecule has 1 aromatic carbocycles. The number of rotatable bonds is 7. The molecule has 202 valence electrons. The number of hydrogen-bond acceptors (Lipinski definition) is 9. The van der Waals surface area contributed by atoms with Crippen LogP contribution in [0.5, 0.6) is 17.6 Å². The number of fused-ring (bicyclic) bond motifs is 2. The van der Waals surface area contributed by atoms with Crippen LogP contribution >= 0.6 is 11.6 Å². The highest BCUT2D eigenvalue weighted by molar-refractivity contribution is 6.33. The summed E-state index contributed by atoms with van der Waals surface area (Å²) in [5.41, 5.74) is 0.805. The lowest BCUT2D eigenvalue weighted by Crippen LogP contribution is -2.48. The van der Waals surface area contributed by atoms with Gasteiger partial charge in [-0.3, -0.25) is 9.89 Å². The van der Waals surface area contributed by atoms with Gasteiger partial charge in [-0.2, -0.15) is 15.1 Å². The smallest absolute Gasteiger partial charge is 0.319 e. The Bertz CT molecular complexity index is 1550. The minimum absolute atomic E-state index is 0.0719. The molecule has 2 saturated heterocycles. The molecule has 11 nitrogen and oxygen atoms in total. The molecule has 1 amide bonds. The maximum Gasteiger partial charge on any atom is 0.319 e. The number of aromatic amines is 1. The second-order valence-corrected chi connectivity index (χ2v) is 9.71. The molecule has 6 rings (SSSR count). The summed E-state index contributed by atoms with van der Waals surface area (Å²) in [5.74, 6) is 0.278. The maximum absolute atomic E-state index is 14.6. The maximum atomic E-state index is 14.6. The van der Waals surface area contributed by atoms with Crippen LogP contribution in [0.25, 0.3) is 21.8 Å². The summed E-state index contributed by atoms with van der Waals surface area (Å²) < 4.78 is 32.2. The molecule has 2 aliphatic rings. The first-order chi connectivity index (χ1) is 19.0. The van der Waals surface area contributed by atoms with Crippen LogP contribution in [0.15, 0.2) is 37.2 Å². The Balaban J connectivity index is 1.40. The van der Waals surface area contributed by atoms with E-state index in [1.165, 1.54) is 18.3 Å². The lowest BCUT2D eigenvalue weighted by molar-refractivity contribution is -0.126. The van der Waals surface area contributed by atoms with Crippen molar-refractivity contribution in [2.75, 3.05) is 50.9 Å². The molecule has 5 heterocycles. The monoisotopic (exact) mass is 553 g/mol. The lowest BCUT2D eigenvalue weighted by atomic mass is 10.1. The van der Waals surface area contributed by atoms with Crippen LogP contribution in [0, 0.1) is 11.7 Å². The van der Waals surface area contributed by atoms with Gasteiger partial charge in [-0.15, -0.1) is 0 Å². The first-order valence-electron chi connectivity index (χ1n) is 12.5. The fourth-order valence-corrected chi connectivity index (χ4v) is 4.95. The van der Waals surface area contributed by atoms with Crippen molar-refractivity contribution in [3.05, 3.63) is 48.0 Å². The standard InChI is InChI=1S/C26H25ClFN7O4/c1-2-20(36)34-6-8-35(9-7-34)24-16-3-5-29-25(22(16)31-26(32-24)38-14-15-4-10-37-13-15)39-23-17-12-30-33-19(17)11-18(28)21(23)27/h2-3,5,11-12,15H,1,4,6-10,13-14H2,(H,30,33)/t15-/m1/s1. The van der Waals surface area contributed by atoms with Gasteiger partial charge in [0, 0.05) is 51.0 Å². The van der Waals surface area contributed by atoms with Gasteiger partial charge in [-0.1, -0.05) is 18.2 Å². The zero-order valence-corrected chi connectivity index (χ0v) is 21.7. The summed E-state index contributed by atoms with van der Waals surface area (Å²) in [4.78, 5) is 29.7. The highest BCUT2D eigenvalue weighted by atomic mass is 35.5. The lowest BCUT2D eigenvalue weighted by Gasteiger charge is -2.35. The van der Waals surface area contributed by atoms with Crippen LogP contribution in [0.3, 0.4) is 0 Å². The molecule has 0 saturated carbocycles. The minimum atomic E-state index is -0.659. The van der Waals surface area contributed by atoms with Crippen molar-refractivity contribution in [3.63, 3.8) is 0 Å². The number of nitrogens with zero attached hydrogens (tertiary/aromatic N) is 6. The zero-order valence-electron chi connectivity index (χ0n) is 20.9. The Morgan fingerprint density at radius 1 is 1.28 bits per heavy atom. The largest absolute Gasteiger partial charge is 0.463 e. The average molecular weight is 554 g/mol. The van der Waals surface area contributed by atoms with Crippen LogP contribution in [-0.4, -0.2) is 82.0 Å². The summed E-state index contributed by atoms with van der Waals surface area (Å²) in [7, 11) is 0. The third kappa shape index (κ3) is 4.92. The summed E-state index contributed by atoms with van der Waals surface area (Å²) in [6.45, 7) is 7.41. The molecule has 2 aliphatic heterocycles. The SMILES string of the molecule is C=CC(=O)N1CCN(c2nc(OC[C@@H]3CCOC3)nc3c(Oc4c(Cl)c(F)cc5[nH]ncc45)nccc23)CC1. The third-order valence-corrected chi connectivity index (χ3v) is 7.22. The summed E-state index contributed by atoms with van der Waals surface area (Å²) in [6, 6.07) is 3.20. The molecule has 0 aliphatic carbocycles. The quantitative estimate of drug-likeness (QED) is 0.341. The van der Waals surface area contributed by atoms with Crippen LogP contribution in [0.2, 0.25) is 5.02 Å². The zero-order chi connectivity index (χ0) is 26.9. The predicted molar refractivity (Wildman–Crippen MR) is 142 cm³/mol. The van der Waals surface area contributed by atoms with E-state index in [9.17, 15) is 9.18 Å². The Hall–Kier alpha value is -4.03. The molecule has 0 spiro atoms. The van der Waals surface area contributed by atoms with Crippen LogP contribution < -0.4 is 14.4 Å². The van der Waals surface area contributed by atoms with Gasteiger partial charge in [0.25, 0.3) is 0 Å². The molecule has 0 radical (unpaired) electrons. The van der Waals surface area contributed by atoms with E-state index in [2.05, 4.69) is 31.6 Å². The van der Waals surface area contributed by atoms with Gasteiger partial charge in [0.05, 0.1) is 35.7 Å². The van der Waals surface area contributed by atoms with Crippen molar-refractivity contribution in [2.45, 2.75) is 6.42 Å². The summed E-state index contributed by atoms with van der Waals surface area (Å²) >= 11 is 6.30. The Morgan fingerprint density at radius 3 is 2.90 bits per heavy atom. The molecule has 39 heavy (non-hydrogen) atoms. The third-order valence-electron chi connectivity index (χ3n) is 6.87. The van der Waals surface area contributed by atoms with E-state index < -0.39 is 5.82 Å². The van der Waals surface area contributed by atoms with Gasteiger partial charge in [0.1, 0.15) is 22.2 Å². The van der Waals surface area contributed by atoms with Gasteiger partial charge in [0.15, 0.2) is 5.75 Å². The van der Waals surface area contributed by atoms with E-state index in [0.29, 0.717) is 73.6 Å². The van der Waals surface area contributed by atoms with Crippen molar-refractivity contribution in [2.24, 2.45) is 5.92 Å². The van der Waals surface area contributed by atoms with E-state index >= 15 is 0 Å². The molecule has 0 unspecified atom stereocenters. The number of aromatic nitrogens is 5. The number of hydrogen-bond donors (Lipinski definition) is 1. The number of piperazine rings is 1. The molecule has 1 atom stereocenters. The van der Waals surface area contributed by atoms with Gasteiger partial charge < -0.3 is 24.0 Å². The van der Waals surface area contributed by atoms with Crippen LogP contribution in [0.1, 0.15) is 6.42 Å². The number of carbonyl (C=O) groups is 1. The summed E-state index contributed by atoms with van der Waals surface area (Å²) in [6.07, 6.45) is 5.29. The number of anilines is 1. The Kier molecular flexibility index (Phi) is 6.88. The summed E-state index contributed by atoms with van der Waals surface area (Å²) in [5, 5.41) is 7.66. The second-order valence-electron chi connectivity index (χ2n) is 9.33. The van der Waals surface area contributed by atoms with Gasteiger partial charge in [-0.25, -0.2) is 9.37 Å². The number of pyridine rings is 1. The van der Waals surface area contributed by atoms with E-state index in [-0.39, 0.29) is 34.5 Å². The number of nitrogens with one attached hydrogen (secondary N) is 1. The predicted octanol–water partition coefficient (Wildman–Crippen LogP) is 3.74. The molecular formula is C26H25ClFN7O4. The average Bonchev–Trinajstić information content (AvgIpc) is 3.66. The van der Waals surface area contributed by atoms with Crippen molar-refractivity contribution in [3.8, 4) is 17.6 Å². The first-order valence-corrected chi connectivity index (χ1v) is 12.9. The number of H-pyrrole nitrogens is 1. The van der Waals surface area contributed by atoms with Crippen molar-refractivity contribution < 1.29 is 23.4 Å². The van der Waals surface area contributed by atoms with Crippen molar-refractivity contribution >= 4 is 45.1 Å². The van der Waals surface area contributed by atoms with E-state index in [4.69, 9.17) is 30.8 Å². The molecule has 0 bridgehead atoms. The van der Waals surface area contributed by atoms with Crippen molar-refractivity contribution in [1.29, 1.82) is 0 Å². The van der Waals surface area contributed by atoms with Crippen LogP contribution in [-0.2, 0) is 9.53 Å². The van der Waals surface area contributed by atoms with E-state index in [1.807, 2.05) is 0 Å². The van der Waals surface area contributed by atoms with E-state index in [0.717, 1.165) is 6.42 Å². The molecule has 13 heteroatoms. The molecule has 2 fully saturated rings. The second kappa shape index (κ2) is 10.6. The number of ether oxygens (including phenoxy) is 3. The van der Waals surface area contributed by atoms with Crippen molar-refractivity contribution in [1.82, 2.24) is 30.0 Å². The fraction of sp³-hybridized carbons (Fsp3) is 0.346. The normalized spacial score (nSPS) is 17.6. The highest BCUT2D eigenvalue weighted by Gasteiger charge is 2.26. The number of carbonyl (C=O) groups excluding carboxylic acids is 1. The van der Waals surface area contributed by atoms with Crippen LogP contribution in [0.4, 0.5) is 10.2 Å². The Morgan fingerprint density at radius 2 is 2.13 bits per heavy atom.